The summed E-state index contributed by atoms with van der Waals surface area (Å²) in [6.45, 7) is 4.50. The van der Waals surface area contributed by atoms with Crippen LogP contribution in [-0.4, -0.2) is 46.2 Å². The largest absolute Gasteiger partial charge is 0.311 e. The molecule has 0 saturated carbocycles. The molecule has 0 bridgehead atoms. The number of carbonyl (C=O) groups excluding carboxylic acids is 4. The molecule has 2 aliphatic rings. The fourth-order valence-corrected chi connectivity index (χ4v) is 4.10. The minimum Gasteiger partial charge on any atom is -0.311 e. The third-order valence-electron chi connectivity index (χ3n) is 5.85. The van der Waals surface area contributed by atoms with Crippen molar-refractivity contribution in [1.29, 1.82) is 0 Å². The van der Waals surface area contributed by atoms with Crippen LogP contribution in [0.15, 0.2) is 36.4 Å². The Hall–Kier alpha value is -3.36. The molecule has 166 valence electrons. The maximum atomic E-state index is 12.9. The van der Waals surface area contributed by atoms with E-state index in [4.69, 9.17) is 5.73 Å². The Kier molecular flexibility index (Phi) is 5.90. The Morgan fingerprint density at radius 3 is 1.91 bits per heavy atom. The maximum Gasteiger partial charge on any atom is 0.276 e. The molecular weight excluding hydrogens is 408 g/mol. The van der Waals surface area contributed by atoms with Crippen LogP contribution in [-0.2, 0) is 0 Å². The highest BCUT2D eigenvalue weighted by Crippen LogP contribution is 2.32. The summed E-state index contributed by atoms with van der Waals surface area (Å²) in [6.07, 6.45) is 2.42. The van der Waals surface area contributed by atoms with Crippen molar-refractivity contribution < 1.29 is 19.2 Å². The molecule has 32 heavy (non-hydrogen) atoms. The van der Waals surface area contributed by atoms with Gasteiger partial charge in [0, 0.05) is 6.54 Å². The lowest BCUT2D eigenvalue weighted by atomic mass is 9.97. The molecule has 2 aromatic carbocycles. The monoisotopic (exact) mass is 434 g/mol. The number of hydrazine groups is 1. The Bertz CT molecular complexity index is 1130. The van der Waals surface area contributed by atoms with Crippen LogP contribution in [0.25, 0.3) is 11.1 Å². The summed E-state index contributed by atoms with van der Waals surface area (Å²) < 4.78 is 0. The fraction of sp³-hybridized carbons (Fsp3) is 0.333. The van der Waals surface area contributed by atoms with Gasteiger partial charge in [-0.25, -0.2) is 10.4 Å². The van der Waals surface area contributed by atoms with Crippen molar-refractivity contribution in [2.24, 2.45) is 5.73 Å². The first kappa shape index (κ1) is 21.9. The number of benzene rings is 2. The second kappa shape index (κ2) is 8.64. The molecule has 1 atom stereocenters. The van der Waals surface area contributed by atoms with Gasteiger partial charge in [-0.1, -0.05) is 38.8 Å². The highest BCUT2D eigenvalue weighted by Gasteiger charge is 2.39. The molecular formula is C24H26N4O4. The fourth-order valence-electron chi connectivity index (χ4n) is 4.10. The second-order valence-corrected chi connectivity index (χ2v) is 8.06. The lowest BCUT2D eigenvalue weighted by molar-refractivity contribution is 0.0556. The van der Waals surface area contributed by atoms with Gasteiger partial charge in [0.2, 0.25) is 0 Å². The summed E-state index contributed by atoms with van der Waals surface area (Å²) in [5.41, 5.74) is 11.6. The van der Waals surface area contributed by atoms with E-state index >= 15 is 0 Å². The normalized spacial score (nSPS) is 16.1. The number of unbranched alkanes of at least 4 members (excludes halogenated alkanes) is 1. The average molecular weight is 434 g/mol. The van der Waals surface area contributed by atoms with Crippen molar-refractivity contribution in [3.63, 3.8) is 0 Å². The van der Waals surface area contributed by atoms with E-state index in [9.17, 15) is 19.2 Å². The van der Waals surface area contributed by atoms with Gasteiger partial charge in [-0.05, 0) is 48.2 Å². The molecule has 3 N–H and O–H groups in total. The van der Waals surface area contributed by atoms with Gasteiger partial charge in [0.1, 0.15) is 0 Å². The van der Waals surface area contributed by atoms with Gasteiger partial charge in [-0.15, -0.1) is 0 Å². The first-order valence-corrected chi connectivity index (χ1v) is 10.9. The number of nitrogens with two attached hydrogens (primary N) is 1. The first-order valence-electron chi connectivity index (χ1n) is 10.9. The average Bonchev–Trinajstić information content (AvgIpc) is 3.18. The van der Waals surface area contributed by atoms with Crippen LogP contribution in [0.3, 0.4) is 0 Å². The summed E-state index contributed by atoms with van der Waals surface area (Å²) in [4.78, 5) is 52.0. The first-order chi connectivity index (χ1) is 15.4. The van der Waals surface area contributed by atoms with E-state index in [0.29, 0.717) is 46.3 Å². The number of fused-ring (bicyclic) bond motifs is 2. The Morgan fingerprint density at radius 2 is 1.31 bits per heavy atom. The predicted octanol–water partition coefficient (Wildman–Crippen LogP) is 2.94. The van der Waals surface area contributed by atoms with Crippen LogP contribution < -0.4 is 11.2 Å². The molecule has 8 heteroatoms. The number of hydrogen-bond donors (Lipinski definition) is 2. The third-order valence-corrected chi connectivity index (χ3v) is 5.85. The smallest absolute Gasteiger partial charge is 0.276 e. The zero-order valence-corrected chi connectivity index (χ0v) is 18.2. The second-order valence-electron chi connectivity index (χ2n) is 8.06. The van der Waals surface area contributed by atoms with Crippen LogP contribution in [0.2, 0.25) is 0 Å². The number of nitrogens with one attached hydrogen (secondary N) is 1. The van der Waals surface area contributed by atoms with Crippen LogP contribution >= 0.6 is 0 Å². The standard InChI is InChI=1S/C24H26N4O4/c1-3-5-11-26-28-23(31)17-10-8-15(13-19(17)24(28)32)14-7-9-16-18(12-14)22(30)27(21(16)29)20(25)6-4-2/h7-10,12-13,20,26H,3-6,11,25H2,1-2H3. The molecule has 0 aromatic heterocycles. The predicted molar refractivity (Wildman–Crippen MR) is 119 cm³/mol. The van der Waals surface area contributed by atoms with Crippen molar-refractivity contribution in [2.45, 2.75) is 45.7 Å². The molecule has 4 amide bonds. The summed E-state index contributed by atoms with van der Waals surface area (Å²) >= 11 is 0. The molecule has 0 fully saturated rings. The molecule has 2 aliphatic heterocycles. The van der Waals surface area contributed by atoms with Crippen molar-refractivity contribution in [2.75, 3.05) is 6.54 Å². The van der Waals surface area contributed by atoms with Gasteiger partial charge in [0.15, 0.2) is 0 Å². The van der Waals surface area contributed by atoms with E-state index in [2.05, 4.69) is 5.43 Å². The van der Waals surface area contributed by atoms with Gasteiger partial charge in [0.25, 0.3) is 23.6 Å². The van der Waals surface area contributed by atoms with E-state index in [1.165, 1.54) is 0 Å². The van der Waals surface area contributed by atoms with Crippen LogP contribution in [0.5, 0.6) is 0 Å². The van der Waals surface area contributed by atoms with Gasteiger partial charge in [-0.3, -0.25) is 24.1 Å². The lowest BCUT2D eigenvalue weighted by Crippen LogP contribution is -2.45. The van der Waals surface area contributed by atoms with E-state index in [1.807, 2.05) is 13.8 Å². The zero-order valence-electron chi connectivity index (χ0n) is 18.2. The molecule has 8 nitrogen and oxygen atoms in total. The van der Waals surface area contributed by atoms with Crippen LogP contribution in [0.1, 0.15) is 81.0 Å². The van der Waals surface area contributed by atoms with Crippen LogP contribution in [0.4, 0.5) is 0 Å². The SMILES string of the molecule is CCCCNN1C(=O)c2ccc(-c3ccc4c(c3)C(=O)N(C(N)CCC)C4=O)cc2C1=O. The minimum absolute atomic E-state index is 0.296. The molecule has 0 radical (unpaired) electrons. The quantitative estimate of drug-likeness (QED) is 0.488. The lowest BCUT2D eigenvalue weighted by Gasteiger charge is -2.21. The van der Waals surface area contributed by atoms with E-state index in [1.54, 1.807) is 36.4 Å². The minimum atomic E-state index is -0.661. The van der Waals surface area contributed by atoms with Gasteiger partial charge < -0.3 is 5.73 Å². The highest BCUT2D eigenvalue weighted by atomic mass is 16.2. The molecule has 0 spiro atoms. The summed E-state index contributed by atoms with van der Waals surface area (Å²) in [6, 6.07) is 10.0. The molecule has 0 saturated heterocycles. The van der Waals surface area contributed by atoms with Crippen molar-refractivity contribution in [1.82, 2.24) is 15.3 Å². The molecule has 1 unspecified atom stereocenters. The molecule has 2 heterocycles. The Morgan fingerprint density at radius 1 is 0.781 bits per heavy atom. The highest BCUT2D eigenvalue weighted by molar-refractivity contribution is 6.23. The number of imide groups is 2. The Labute approximate surface area is 186 Å². The topological polar surface area (TPSA) is 113 Å². The van der Waals surface area contributed by atoms with Gasteiger partial charge in [-0.2, -0.15) is 0 Å². The van der Waals surface area contributed by atoms with Crippen molar-refractivity contribution >= 4 is 23.6 Å². The number of hydrogen-bond acceptors (Lipinski definition) is 6. The summed E-state index contributed by atoms with van der Waals surface area (Å²) in [7, 11) is 0. The molecule has 2 aromatic rings. The maximum absolute atomic E-state index is 12.9. The third kappa shape index (κ3) is 3.51. The van der Waals surface area contributed by atoms with Gasteiger partial charge >= 0.3 is 0 Å². The van der Waals surface area contributed by atoms with E-state index < -0.39 is 18.0 Å². The van der Waals surface area contributed by atoms with Crippen molar-refractivity contribution in [3.8, 4) is 11.1 Å². The number of rotatable bonds is 8. The summed E-state index contributed by atoms with van der Waals surface area (Å²) in [5, 5.41) is 1.06. The van der Waals surface area contributed by atoms with Crippen LogP contribution in [0, 0.1) is 0 Å². The van der Waals surface area contributed by atoms with Gasteiger partial charge in [0.05, 0.1) is 28.4 Å². The Balaban J connectivity index is 1.63. The van der Waals surface area contributed by atoms with E-state index in [-0.39, 0.29) is 11.8 Å². The van der Waals surface area contributed by atoms with E-state index in [0.717, 1.165) is 29.2 Å². The van der Waals surface area contributed by atoms with Crippen molar-refractivity contribution in [3.05, 3.63) is 58.7 Å². The molecule has 4 rings (SSSR count). The zero-order chi connectivity index (χ0) is 23.0. The number of amides is 4. The summed E-state index contributed by atoms with van der Waals surface area (Å²) in [5.74, 6) is -1.57. The number of carbonyl (C=O) groups is 4. The number of nitrogens with zero attached hydrogens (tertiary/aromatic N) is 2. The molecule has 0 aliphatic carbocycles.